The minimum Gasteiger partial charge on any atom is -0.329 e. The average molecular weight is 305 g/mol. The van der Waals surface area contributed by atoms with Crippen molar-refractivity contribution in [2.24, 2.45) is 17.6 Å². The van der Waals surface area contributed by atoms with E-state index in [2.05, 4.69) is 6.92 Å². The molecule has 1 aliphatic carbocycles. The molecule has 0 bridgehead atoms. The highest BCUT2D eigenvalue weighted by molar-refractivity contribution is 7.89. The fourth-order valence-corrected chi connectivity index (χ4v) is 5.85. The predicted molar refractivity (Wildman–Crippen MR) is 85.0 cm³/mol. The zero-order valence-corrected chi connectivity index (χ0v) is 14.4. The molecule has 1 rings (SSSR count). The molecular weight excluding hydrogens is 272 g/mol. The lowest BCUT2D eigenvalue weighted by molar-refractivity contribution is 0.108. The van der Waals surface area contributed by atoms with E-state index in [4.69, 9.17) is 5.73 Å². The van der Waals surface area contributed by atoms with Gasteiger partial charge in [0, 0.05) is 18.6 Å². The van der Waals surface area contributed by atoms with Gasteiger partial charge < -0.3 is 5.73 Å². The third kappa shape index (κ3) is 4.18. The first-order valence-corrected chi connectivity index (χ1v) is 9.59. The summed E-state index contributed by atoms with van der Waals surface area (Å²) in [6.45, 7) is 9.20. The van der Waals surface area contributed by atoms with Crippen LogP contribution in [0.15, 0.2) is 0 Å². The molecule has 2 unspecified atom stereocenters. The van der Waals surface area contributed by atoms with E-state index in [1.165, 1.54) is 6.42 Å². The zero-order chi connectivity index (χ0) is 15.4. The first-order valence-electron chi connectivity index (χ1n) is 7.98. The van der Waals surface area contributed by atoms with Crippen LogP contribution in [0.4, 0.5) is 0 Å². The first-order chi connectivity index (χ1) is 9.27. The van der Waals surface area contributed by atoms with E-state index in [0.29, 0.717) is 19.0 Å². The molecule has 0 aromatic carbocycles. The minimum atomic E-state index is -3.22. The zero-order valence-electron chi connectivity index (χ0n) is 13.6. The Bertz CT molecular complexity index is 395. The molecule has 1 saturated carbocycles. The molecule has 0 aromatic heterocycles. The fourth-order valence-electron chi connectivity index (χ4n) is 3.53. The van der Waals surface area contributed by atoms with Crippen LogP contribution in [0.2, 0.25) is 0 Å². The van der Waals surface area contributed by atoms with Crippen LogP contribution in [0.3, 0.4) is 0 Å². The van der Waals surface area contributed by atoms with Crippen LogP contribution in [-0.2, 0) is 10.0 Å². The van der Waals surface area contributed by atoms with Crippen LogP contribution in [0, 0.1) is 11.8 Å². The number of hydrogen-bond acceptors (Lipinski definition) is 3. The molecule has 5 heteroatoms. The molecule has 0 amide bonds. The monoisotopic (exact) mass is 304 g/mol. The molecular formula is C15H32N2O2S. The summed E-state index contributed by atoms with van der Waals surface area (Å²) in [5, 5.41) is 0. The number of sulfonamides is 1. The van der Waals surface area contributed by atoms with Crippen LogP contribution in [0.1, 0.15) is 59.8 Å². The quantitative estimate of drug-likeness (QED) is 0.786. The van der Waals surface area contributed by atoms with Crippen molar-refractivity contribution in [2.75, 3.05) is 18.8 Å². The molecule has 2 atom stereocenters. The third-order valence-corrected chi connectivity index (χ3v) is 6.61. The summed E-state index contributed by atoms with van der Waals surface area (Å²) < 4.78 is 27.3. The van der Waals surface area contributed by atoms with E-state index in [-0.39, 0.29) is 17.2 Å². The van der Waals surface area contributed by atoms with Crippen LogP contribution in [-0.4, -0.2) is 37.1 Å². The summed E-state index contributed by atoms with van der Waals surface area (Å²) in [5.41, 5.74) is 5.71. The number of rotatable bonds is 7. The number of hydrogen-bond donors (Lipinski definition) is 1. The van der Waals surface area contributed by atoms with Crippen molar-refractivity contribution in [2.45, 2.75) is 65.3 Å². The van der Waals surface area contributed by atoms with E-state index in [0.717, 1.165) is 25.7 Å². The van der Waals surface area contributed by atoms with Gasteiger partial charge in [0.1, 0.15) is 0 Å². The van der Waals surface area contributed by atoms with Gasteiger partial charge >= 0.3 is 0 Å². The van der Waals surface area contributed by atoms with Gasteiger partial charge in [-0.25, -0.2) is 8.42 Å². The Morgan fingerprint density at radius 3 is 2.50 bits per heavy atom. The van der Waals surface area contributed by atoms with Crippen molar-refractivity contribution < 1.29 is 8.42 Å². The Kier molecular flexibility index (Phi) is 6.48. The normalized spacial score (nSPS) is 28.2. The molecule has 2 N–H and O–H groups in total. The van der Waals surface area contributed by atoms with Gasteiger partial charge in [-0.1, -0.05) is 40.5 Å². The highest BCUT2D eigenvalue weighted by atomic mass is 32.2. The molecule has 0 aromatic rings. The second-order valence-corrected chi connectivity index (χ2v) is 8.81. The maximum atomic E-state index is 12.8. The predicted octanol–water partition coefficient (Wildman–Crippen LogP) is 2.59. The Balaban J connectivity index is 3.09. The molecule has 0 heterocycles. The second kappa shape index (κ2) is 7.23. The topological polar surface area (TPSA) is 63.4 Å². The third-order valence-electron chi connectivity index (χ3n) is 4.28. The van der Waals surface area contributed by atoms with Crippen LogP contribution < -0.4 is 5.73 Å². The van der Waals surface area contributed by atoms with Gasteiger partial charge in [0.05, 0.1) is 5.75 Å². The van der Waals surface area contributed by atoms with Crippen molar-refractivity contribution in [3.63, 3.8) is 0 Å². The minimum absolute atomic E-state index is 0.148. The van der Waals surface area contributed by atoms with Crippen molar-refractivity contribution in [3.05, 3.63) is 0 Å². The standard InChI is InChI=1S/C15H32N2O2S/c1-5-9-17(20(18,19)11-13(2)3)15(12-16)8-6-7-14(4)10-15/h13-14H,5-12,16H2,1-4H3. The summed E-state index contributed by atoms with van der Waals surface area (Å²) in [5.74, 6) is 0.930. The lowest BCUT2D eigenvalue weighted by Crippen LogP contribution is -2.59. The van der Waals surface area contributed by atoms with Gasteiger partial charge in [-0.15, -0.1) is 0 Å². The summed E-state index contributed by atoms with van der Waals surface area (Å²) in [6, 6.07) is 0. The molecule has 0 aliphatic heterocycles. The largest absolute Gasteiger partial charge is 0.329 e. The van der Waals surface area contributed by atoms with Gasteiger partial charge in [0.15, 0.2) is 0 Å². The highest BCUT2D eigenvalue weighted by Gasteiger charge is 2.44. The molecule has 0 spiro atoms. The van der Waals surface area contributed by atoms with Crippen molar-refractivity contribution in [3.8, 4) is 0 Å². The number of nitrogens with zero attached hydrogens (tertiary/aromatic N) is 1. The smallest absolute Gasteiger partial charge is 0.214 e. The average Bonchev–Trinajstić information content (AvgIpc) is 2.34. The van der Waals surface area contributed by atoms with Gasteiger partial charge in [0.2, 0.25) is 10.0 Å². The molecule has 4 nitrogen and oxygen atoms in total. The first kappa shape index (κ1) is 17.9. The molecule has 120 valence electrons. The maximum absolute atomic E-state index is 12.8. The summed E-state index contributed by atoms with van der Waals surface area (Å²) >= 11 is 0. The van der Waals surface area contributed by atoms with E-state index in [1.54, 1.807) is 4.31 Å². The van der Waals surface area contributed by atoms with Gasteiger partial charge in [-0.3, -0.25) is 0 Å². The van der Waals surface area contributed by atoms with Crippen molar-refractivity contribution in [1.29, 1.82) is 0 Å². The summed E-state index contributed by atoms with van der Waals surface area (Å²) in [7, 11) is -3.22. The van der Waals surface area contributed by atoms with Crippen LogP contribution >= 0.6 is 0 Å². The van der Waals surface area contributed by atoms with Gasteiger partial charge in [-0.2, -0.15) is 4.31 Å². The molecule has 20 heavy (non-hydrogen) atoms. The second-order valence-electron chi connectivity index (χ2n) is 6.87. The molecule has 1 aliphatic rings. The van der Waals surface area contributed by atoms with Gasteiger partial charge in [-0.05, 0) is 31.1 Å². The Hall–Kier alpha value is -0.130. The molecule has 0 radical (unpaired) electrons. The summed E-state index contributed by atoms with van der Waals surface area (Å²) in [6.07, 6.45) is 4.92. The Morgan fingerprint density at radius 2 is 2.05 bits per heavy atom. The van der Waals surface area contributed by atoms with Crippen molar-refractivity contribution >= 4 is 10.0 Å². The maximum Gasteiger partial charge on any atom is 0.214 e. The van der Waals surface area contributed by atoms with Crippen LogP contribution in [0.25, 0.3) is 0 Å². The lowest BCUT2D eigenvalue weighted by Gasteiger charge is -2.47. The summed E-state index contributed by atoms with van der Waals surface area (Å²) in [4.78, 5) is 0. The highest BCUT2D eigenvalue weighted by Crippen LogP contribution is 2.38. The Labute approximate surface area is 125 Å². The number of nitrogens with two attached hydrogens (primary N) is 1. The molecule has 0 saturated heterocycles. The molecule has 1 fully saturated rings. The van der Waals surface area contributed by atoms with E-state index >= 15 is 0 Å². The Morgan fingerprint density at radius 1 is 1.40 bits per heavy atom. The van der Waals surface area contributed by atoms with Crippen LogP contribution in [0.5, 0.6) is 0 Å². The lowest BCUT2D eigenvalue weighted by atomic mass is 9.76. The van der Waals surface area contributed by atoms with E-state index in [9.17, 15) is 8.42 Å². The van der Waals surface area contributed by atoms with E-state index in [1.807, 2.05) is 20.8 Å². The SMILES string of the molecule is CCCN(C1(CN)CCCC(C)C1)S(=O)(=O)CC(C)C. The fraction of sp³-hybridized carbons (Fsp3) is 1.00. The van der Waals surface area contributed by atoms with E-state index < -0.39 is 10.0 Å². The van der Waals surface area contributed by atoms with Crippen molar-refractivity contribution in [1.82, 2.24) is 4.31 Å². The van der Waals surface area contributed by atoms with Gasteiger partial charge in [0.25, 0.3) is 0 Å².